The van der Waals surface area contributed by atoms with Gasteiger partial charge >= 0.3 is 5.97 Å². The number of benzene rings is 1. The summed E-state index contributed by atoms with van der Waals surface area (Å²) in [4.78, 5) is 25.7. The van der Waals surface area contributed by atoms with Crippen molar-refractivity contribution in [2.24, 2.45) is 5.92 Å². The van der Waals surface area contributed by atoms with Gasteiger partial charge in [-0.15, -0.1) is 0 Å². The van der Waals surface area contributed by atoms with Gasteiger partial charge in [0.25, 0.3) is 5.91 Å². The van der Waals surface area contributed by atoms with Crippen LogP contribution in [-0.2, 0) is 4.79 Å². The molecule has 1 atom stereocenters. The molecule has 132 valence electrons. The molecule has 1 fully saturated rings. The highest BCUT2D eigenvalue weighted by atomic mass is 19.1. The Morgan fingerprint density at radius 2 is 1.88 bits per heavy atom. The summed E-state index contributed by atoms with van der Waals surface area (Å²) in [5.41, 5.74) is 3.00. The molecule has 6 heteroatoms. The van der Waals surface area contributed by atoms with Crippen LogP contribution in [0.4, 0.5) is 4.39 Å². The number of carbonyl (C=O) groups excluding carboxylic acids is 1. The lowest BCUT2D eigenvalue weighted by Gasteiger charge is -2.30. The molecular weight excluding hydrogens is 323 g/mol. The van der Waals surface area contributed by atoms with Crippen LogP contribution in [-0.4, -0.2) is 39.5 Å². The van der Waals surface area contributed by atoms with Crippen LogP contribution in [0, 0.1) is 25.6 Å². The maximum atomic E-state index is 13.2. The number of rotatable bonds is 3. The largest absolute Gasteiger partial charge is 0.481 e. The Morgan fingerprint density at radius 3 is 2.52 bits per heavy atom. The van der Waals surface area contributed by atoms with Gasteiger partial charge in [-0.05, 0) is 57.0 Å². The molecule has 0 aliphatic carbocycles. The number of halogens is 1. The van der Waals surface area contributed by atoms with Crippen LogP contribution in [0.1, 0.15) is 34.6 Å². The predicted octanol–water partition coefficient (Wildman–Crippen LogP) is 3.17. The summed E-state index contributed by atoms with van der Waals surface area (Å²) in [6.07, 6.45) is 1.30. The minimum Gasteiger partial charge on any atom is -0.481 e. The monoisotopic (exact) mass is 344 g/mol. The topological polar surface area (TPSA) is 62.5 Å². The minimum atomic E-state index is -0.853. The van der Waals surface area contributed by atoms with E-state index in [4.69, 9.17) is 0 Å². The van der Waals surface area contributed by atoms with E-state index >= 15 is 0 Å². The molecule has 1 aliphatic rings. The zero-order valence-electron chi connectivity index (χ0n) is 14.3. The highest BCUT2D eigenvalue weighted by Gasteiger charge is 2.30. The summed E-state index contributed by atoms with van der Waals surface area (Å²) in [6, 6.07) is 7.93. The average Bonchev–Trinajstić information content (AvgIpc) is 2.90. The first-order valence-corrected chi connectivity index (χ1v) is 8.35. The number of nitrogens with zero attached hydrogens (tertiary/aromatic N) is 2. The van der Waals surface area contributed by atoms with Crippen molar-refractivity contribution < 1.29 is 19.1 Å². The predicted molar refractivity (Wildman–Crippen MR) is 91.5 cm³/mol. The maximum absolute atomic E-state index is 13.2. The first-order chi connectivity index (χ1) is 11.9. The summed E-state index contributed by atoms with van der Waals surface area (Å²) in [6.45, 7) is 4.56. The van der Waals surface area contributed by atoms with Gasteiger partial charge in [-0.2, -0.15) is 0 Å². The summed E-state index contributed by atoms with van der Waals surface area (Å²) >= 11 is 0. The van der Waals surface area contributed by atoms with Crippen LogP contribution in [0.15, 0.2) is 30.3 Å². The Balaban J connectivity index is 1.90. The first kappa shape index (κ1) is 17.2. The van der Waals surface area contributed by atoms with Crippen molar-refractivity contribution in [2.45, 2.75) is 26.7 Å². The van der Waals surface area contributed by atoms with E-state index in [-0.39, 0.29) is 18.3 Å². The van der Waals surface area contributed by atoms with E-state index in [0.29, 0.717) is 24.9 Å². The third-order valence-electron chi connectivity index (χ3n) is 4.80. The molecule has 1 N–H and O–H groups in total. The highest BCUT2D eigenvalue weighted by Crippen LogP contribution is 2.25. The van der Waals surface area contributed by atoms with Crippen molar-refractivity contribution in [2.75, 3.05) is 13.1 Å². The molecule has 1 amide bonds. The normalized spacial score (nSPS) is 17.6. The smallest absolute Gasteiger partial charge is 0.308 e. The third kappa shape index (κ3) is 3.29. The number of hydrogen-bond donors (Lipinski definition) is 1. The van der Waals surface area contributed by atoms with Crippen molar-refractivity contribution in [3.05, 3.63) is 53.1 Å². The van der Waals surface area contributed by atoms with E-state index in [1.807, 2.05) is 24.5 Å². The third-order valence-corrected chi connectivity index (χ3v) is 4.80. The zero-order chi connectivity index (χ0) is 18.1. The lowest BCUT2D eigenvalue weighted by Crippen LogP contribution is -2.42. The molecule has 2 heterocycles. The van der Waals surface area contributed by atoms with Crippen LogP contribution in [0.25, 0.3) is 5.69 Å². The highest BCUT2D eigenvalue weighted by molar-refractivity contribution is 5.96. The van der Waals surface area contributed by atoms with E-state index in [1.54, 1.807) is 17.0 Å². The van der Waals surface area contributed by atoms with E-state index in [0.717, 1.165) is 17.1 Å². The molecule has 0 saturated carbocycles. The summed E-state index contributed by atoms with van der Waals surface area (Å²) < 4.78 is 15.1. The second-order valence-electron chi connectivity index (χ2n) is 6.53. The fourth-order valence-electron chi connectivity index (χ4n) is 3.50. The van der Waals surface area contributed by atoms with E-state index < -0.39 is 11.9 Å². The van der Waals surface area contributed by atoms with E-state index in [2.05, 4.69) is 0 Å². The van der Waals surface area contributed by atoms with Crippen LogP contribution in [0.2, 0.25) is 0 Å². The maximum Gasteiger partial charge on any atom is 0.308 e. The van der Waals surface area contributed by atoms with Gasteiger partial charge in [-0.3, -0.25) is 9.59 Å². The average molecular weight is 344 g/mol. The molecular formula is C19H21FN2O3. The standard InChI is InChI=1S/C19H21FN2O3/c1-12-10-17(13(2)22(12)16-7-5-15(20)6-8-16)18(23)21-9-3-4-14(11-21)19(24)25/h5-8,10,14H,3-4,9,11H2,1-2H3,(H,24,25)/t14-/m0/s1. The van der Waals surface area contributed by atoms with Gasteiger partial charge in [0.05, 0.1) is 11.5 Å². The van der Waals surface area contributed by atoms with Crippen LogP contribution in [0.3, 0.4) is 0 Å². The minimum absolute atomic E-state index is 0.146. The number of amides is 1. The Kier molecular flexibility index (Phi) is 4.61. The van der Waals surface area contributed by atoms with Gasteiger partial charge in [0.1, 0.15) is 5.82 Å². The Labute approximate surface area is 145 Å². The van der Waals surface area contributed by atoms with Crippen molar-refractivity contribution in [1.82, 2.24) is 9.47 Å². The number of carbonyl (C=O) groups is 2. The van der Waals surface area contributed by atoms with Crippen molar-refractivity contribution in [3.63, 3.8) is 0 Å². The van der Waals surface area contributed by atoms with Crippen LogP contribution < -0.4 is 0 Å². The zero-order valence-corrected chi connectivity index (χ0v) is 14.3. The van der Waals surface area contributed by atoms with E-state index in [1.165, 1.54) is 12.1 Å². The molecule has 1 aromatic carbocycles. The number of piperidine rings is 1. The molecule has 2 aromatic rings. The van der Waals surface area contributed by atoms with Gasteiger partial charge in [-0.25, -0.2) is 4.39 Å². The molecule has 1 aliphatic heterocycles. The van der Waals surface area contributed by atoms with Crippen LogP contribution >= 0.6 is 0 Å². The SMILES string of the molecule is Cc1cc(C(=O)N2CCC[C@H](C(=O)O)C2)c(C)n1-c1ccc(F)cc1. The van der Waals surface area contributed by atoms with Gasteiger partial charge in [-0.1, -0.05) is 0 Å². The van der Waals surface area contributed by atoms with Gasteiger partial charge in [0, 0.05) is 30.2 Å². The quantitative estimate of drug-likeness (QED) is 0.930. The van der Waals surface area contributed by atoms with Crippen molar-refractivity contribution in [3.8, 4) is 5.69 Å². The Hall–Kier alpha value is -2.63. The van der Waals surface area contributed by atoms with Crippen molar-refractivity contribution in [1.29, 1.82) is 0 Å². The lowest BCUT2D eigenvalue weighted by molar-refractivity contribution is -0.143. The first-order valence-electron chi connectivity index (χ1n) is 8.35. The van der Waals surface area contributed by atoms with Gasteiger partial charge in [0.15, 0.2) is 0 Å². The Morgan fingerprint density at radius 1 is 1.20 bits per heavy atom. The number of carboxylic acids is 1. The molecule has 0 bridgehead atoms. The molecule has 0 spiro atoms. The second-order valence-corrected chi connectivity index (χ2v) is 6.53. The van der Waals surface area contributed by atoms with E-state index in [9.17, 15) is 19.1 Å². The number of aryl methyl sites for hydroxylation is 1. The molecule has 1 saturated heterocycles. The fourth-order valence-corrected chi connectivity index (χ4v) is 3.50. The lowest BCUT2D eigenvalue weighted by atomic mass is 9.97. The molecule has 5 nitrogen and oxygen atoms in total. The molecule has 1 aromatic heterocycles. The molecule has 25 heavy (non-hydrogen) atoms. The molecule has 3 rings (SSSR count). The summed E-state index contributed by atoms with van der Waals surface area (Å²) in [5, 5.41) is 9.21. The number of hydrogen-bond acceptors (Lipinski definition) is 2. The van der Waals surface area contributed by atoms with Crippen molar-refractivity contribution >= 4 is 11.9 Å². The van der Waals surface area contributed by atoms with Crippen LogP contribution in [0.5, 0.6) is 0 Å². The molecule has 0 unspecified atom stereocenters. The summed E-state index contributed by atoms with van der Waals surface area (Å²) in [7, 11) is 0. The number of aromatic nitrogens is 1. The van der Waals surface area contributed by atoms with Gasteiger partial charge < -0.3 is 14.6 Å². The number of aliphatic carboxylic acids is 1. The number of carboxylic acid groups (broad SMARTS) is 1. The Bertz CT molecular complexity index is 811. The molecule has 0 radical (unpaired) electrons. The van der Waals surface area contributed by atoms with Gasteiger partial charge in [0.2, 0.25) is 0 Å². The summed E-state index contributed by atoms with van der Waals surface area (Å²) in [5.74, 6) is -1.81. The second kappa shape index (κ2) is 6.70. The fraction of sp³-hybridized carbons (Fsp3) is 0.368. The number of likely N-dealkylation sites (tertiary alicyclic amines) is 1.